The van der Waals surface area contributed by atoms with Crippen molar-refractivity contribution in [2.24, 2.45) is 0 Å². The molecule has 112 valence electrons. The van der Waals surface area contributed by atoms with E-state index in [1.807, 2.05) is 0 Å². The van der Waals surface area contributed by atoms with Crippen LogP contribution in [0.4, 0.5) is 13.2 Å². The highest BCUT2D eigenvalue weighted by Crippen LogP contribution is 2.33. The van der Waals surface area contributed by atoms with Gasteiger partial charge in [0.15, 0.2) is 0 Å². The molecule has 1 saturated carbocycles. The standard InChI is InChI=1S/C14H14F3N3O/c15-14(16,17)11-8-9-2-1-6-18-13(9)20(11)7-5-12(21)19-10-3-4-10/h1-2,6,8,10H,3-5,7H2,(H,19,21). The third-order valence-corrected chi connectivity index (χ3v) is 3.45. The average molecular weight is 297 g/mol. The van der Waals surface area contributed by atoms with E-state index in [9.17, 15) is 18.0 Å². The van der Waals surface area contributed by atoms with Crippen LogP contribution in [0.2, 0.25) is 0 Å². The fraction of sp³-hybridized carbons (Fsp3) is 0.429. The summed E-state index contributed by atoms with van der Waals surface area (Å²) in [6, 6.07) is 4.45. The minimum absolute atomic E-state index is 0.0138. The second kappa shape index (κ2) is 5.05. The Hall–Kier alpha value is -2.05. The predicted octanol–water partition coefficient (Wildman–Crippen LogP) is 2.72. The number of carbonyl (C=O) groups excluding carboxylic acids is 1. The van der Waals surface area contributed by atoms with Gasteiger partial charge in [0.05, 0.1) is 0 Å². The summed E-state index contributed by atoms with van der Waals surface area (Å²) in [7, 11) is 0. The Balaban J connectivity index is 1.86. The van der Waals surface area contributed by atoms with Gasteiger partial charge in [0, 0.05) is 30.6 Å². The Kier molecular flexibility index (Phi) is 3.35. The Morgan fingerprint density at radius 2 is 2.19 bits per heavy atom. The number of pyridine rings is 1. The van der Waals surface area contributed by atoms with E-state index in [-0.39, 0.29) is 30.6 Å². The average Bonchev–Trinajstić information content (AvgIpc) is 3.14. The number of hydrogen-bond donors (Lipinski definition) is 1. The number of nitrogens with zero attached hydrogens (tertiary/aromatic N) is 2. The molecule has 0 unspecified atom stereocenters. The van der Waals surface area contributed by atoms with Gasteiger partial charge in [0.25, 0.3) is 0 Å². The Morgan fingerprint density at radius 1 is 1.43 bits per heavy atom. The number of amides is 1. The van der Waals surface area contributed by atoms with Gasteiger partial charge in [-0.3, -0.25) is 4.79 Å². The van der Waals surface area contributed by atoms with Crippen molar-refractivity contribution in [3.05, 3.63) is 30.1 Å². The van der Waals surface area contributed by atoms with E-state index in [1.165, 1.54) is 6.20 Å². The lowest BCUT2D eigenvalue weighted by Gasteiger charge is -2.12. The van der Waals surface area contributed by atoms with Crippen molar-refractivity contribution in [2.45, 2.75) is 38.0 Å². The number of carbonyl (C=O) groups is 1. The van der Waals surface area contributed by atoms with Crippen molar-refractivity contribution in [3.8, 4) is 0 Å². The molecule has 3 rings (SSSR count). The third kappa shape index (κ3) is 3.01. The van der Waals surface area contributed by atoms with Crippen molar-refractivity contribution < 1.29 is 18.0 Å². The molecule has 0 spiro atoms. The molecule has 1 N–H and O–H groups in total. The van der Waals surface area contributed by atoms with Gasteiger partial charge >= 0.3 is 6.18 Å². The topological polar surface area (TPSA) is 46.9 Å². The fourth-order valence-electron chi connectivity index (χ4n) is 2.29. The number of halogens is 3. The quantitative estimate of drug-likeness (QED) is 0.943. The van der Waals surface area contributed by atoms with E-state index in [4.69, 9.17) is 0 Å². The lowest BCUT2D eigenvalue weighted by atomic mass is 10.3. The first kappa shape index (κ1) is 13.9. The number of fused-ring (bicyclic) bond motifs is 1. The zero-order chi connectivity index (χ0) is 15.0. The highest BCUT2D eigenvalue weighted by atomic mass is 19.4. The molecule has 7 heteroatoms. The summed E-state index contributed by atoms with van der Waals surface area (Å²) in [5, 5.41) is 3.19. The number of alkyl halides is 3. The zero-order valence-corrected chi connectivity index (χ0v) is 11.2. The molecule has 0 bridgehead atoms. The van der Waals surface area contributed by atoms with Crippen molar-refractivity contribution in [1.29, 1.82) is 0 Å². The molecular weight excluding hydrogens is 283 g/mol. The first-order valence-corrected chi connectivity index (χ1v) is 6.76. The molecule has 21 heavy (non-hydrogen) atoms. The van der Waals surface area contributed by atoms with Crippen LogP contribution in [0.25, 0.3) is 11.0 Å². The second-order valence-corrected chi connectivity index (χ2v) is 5.19. The molecular formula is C14H14F3N3O. The fourth-order valence-corrected chi connectivity index (χ4v) is 2.29. The van der Waals surface area contributed by atoms with Crippen molar-refractivity contribution in [1.82, 2.24) is 14.9 Å². The highest BCUT2D eigenvalue weighted by molar-refractivity contribution is 5.79. The van der Waals surface area contributed by atoms with Crippen LogP contribution < -0.4 is 5.32 Å². The summed E-state index contributed by atoms with van der Waals surface area (Å²) < 4.78 is 40.3. The van der Waals surface area contributed by atoms with Gasteiger partial charge in [0.2, 0.25) is 5.91 Å². The van der Waals surface area contributed by atoms with Crippen LogP contribution in [0.5, 0.6) is 0 Å². The maximum atomic E-state index is 13.1. The van der Waals surface area contributed by atoms with E-state index in [0.29, 0.717) is 5.39 Å². The molecule has 1 aliphatic rings. The molecule has 4 nitrogen and oxygen atoms in total. The summed E-state index contributed by atoms with van der Waals surface area (Å²) in [4.78, 5) is 15.7. The SMILES string of the molecule is O=C(CCn1c(C(F)(F)F)cc2cccnc21)NC1CC1. The lowest BCUT2D eigenvalue weighted by Crippen LogP contribution is -2.27. The van der Waals surface area contributed by atoms with Crippen LogP contribution in [-0.2, 0) is 17.5 Å². The molecule has 0 saturated heterocycles. The number of rotatable bonds is 4. The summed E-state index contributed by atoms with van der Waals surface area (Å²) in [5.74, 6) is -0.219. The van der Waals surface area contributed by atoms with Gasteiger partial charge in [-0.2, -0.15) is 13.2 Å². The van der Waals surface area contributed by atoms with E-state index < -0.39 is 11.9 Å². The first-order chi connectivity index (χ1) is 9.95. The molecule has 0 radical (unpaired) electrons. The second-order valence-electron chi connectivity index (χ2n) is 5.19. The number of aromatic nitrogens is 2. The van der Waals surface area contributed by atoms with Crippen LogP contribution >= 0.6 is 0 Å². The van der Waals surface area contributed by atoms with Crippen molar-refractivity contribution >= 4 is 16.9 Å². The molecule has 0 aliphatic heterocycles. The van der Waals surface area contributed by atoms with Crippen molar-refractivity contribution in [3.63, 3.8) is 0 Å². The van der Waals surface area contributed by atoms with Crippen LogP contribution in [0.3, 0.4) is 0 Å². The van der Waals surface area contributed by atoms with E-state index in [1.54, 1.807) is 12.1 Å². The van der Waals surface area contributed by atoms with Crippen LogP contribution in [0, 0.1) is 0 Å². The number of aryl methyl sites for hydroxylation is 1. The zero-order valence-electron chi connectivity index (χ0n) is 11.2. The minimum Gasteiger partial charge on any atom is -0.353 e. The van der Waals surface area contributed by atoms with Gasteiger partial charge in [-0.05, 0) is 31.0 Å². The van der Waals surface area contributed by atoms with Crippen LogP contribution in [0.15, 0.2) is 24.4 Å². The number of nitrogens with one attached hydrogen (secondary N) is 1. The normalized spacial score (nSPS) is 15.4. The molecule has 1 amide bonds. The molecule has 2 heterocycles. The summed E-state index contributed by atoms with van der Waals surface area (Å²) in [6.45, 7) is -0.0338. The largest absolute Gasteiger partial charge is 0.431 e. The van der Waals surface area contributed by atoms with E-state index >= 15 is 0 Å². The van der Waals surface area contributed by atoms with Crippen LogP contribution in [0.1, 0.15) is 25.0 Å². The van der Waals surface area contributed by atoms with Gasteiger partial charge in [-0.15, -0.1) is 0 Å². The maximum absolute atomic E-state index is 13.1. The van der Waals surface area contributed by atoms with Gasteiger partial charge < -0.3 is 9.88 Å². The Bertz CT molecular complexity index is 674. The minimum atomic E-state index is -4.46. The Labute approximate surface area is 119 Å². The summed E-state index contributed by atoms with van der Waals surface area (Å²) in [6.07, 6.45) is -1.10. The maximum Gasteiger partial charge on any atom is 0.431 e. The van der Waals surface area contributed by atoms with Gasteiger partial charge in [-0.25, -0.2) is 4.98 Å². The van der Waals surface area contributed by atoms with Gasteiger partial charge in [0.1, 0.15) is 11.3 Å². The molecule has 1 fully saturated rings. The molecule has 0 aromatic carbocycles. The molecule has 1 aliphatic carbocycles. The van der Waals surface area contributed by atoms with E-state index in [0.717, 1.165) is 23.5 Å². The predicted molar refractivity (Wildman–Crippen MR) is 70.5 cm³/mol. The number of hydrogen-bond acceptors (Lipinski definition) is 2. The lowest BCUT2D eigenvalue weighted by molar-refractivity contribution is -0.143. The summed E-state index contributed by atoms with van der Waals surface area (Å²) >= 11 is 0. The smallest absolute Gasteiger partial charge is 0.353 e. The van der Waals surface area contributed by atoms with Crippen LogP contribution in [-0.4, -0.2) is 21.5 Å². The monoisotopic (exact) mass is 297 g/mol. The highest BCUT2D eigenvalue weighted by Gasteiger charge is 2.35. The molecule has 0 atom stereocenters. The Morgan fingerprint density at radius 3 is 2.86 bits per heavy atom. The van der Waals surface area contributed by atoms with E-state index in [2.05, 4.69) is 10.3 Å². The van der Waals surface area contributed by atoms with Crippen molar-refractivity contribution in [2.75, 3.05) is 0 Å². The molecule has 2 aromatic rings. The first-order valence-electron chi connectivity index (χ1n) is 6.76. The summed E-state index contributed by atoms with van der Waals surface area (Å²) in [5.41, 5.74) is -0.514. The molecule has 2 aromatic heterocycles. The third-order valence-electron chi connectivity index (χ3n) is 3.45. The van der Waals surface area contributed by atoms with Gasteiger partial charge in [-0.1, -0.05) is 0 Å².